The number of rotatable bonds is 8. The van der Waals surface area contributed by atoms with Crippen LogP contribution in [-0.2, 0) is 4.79 Å². The van der Waals surface area contributed by atoms with Crippen molar-refractivity contribution >= 4 is 34.3 Å². The molecule has 1 amide bonds. The first-order chi connectivity index (χ1) is 21.7. The number of fused-ring (bicyclic) bond motifs is 1. The zero-order valence-corrected chi connectivity index (χ0v) is 25.0. The minimum Gasteiger partial charge on any atom is -0.494 e. The number of hydrogen-bond donors (Lipinski definition) is 1. The van der Waals surface area contributed by atoms with Crippen molar-refractivity contribution in [3.05, 3.63) is 83.3 Å². The number of amides is 1. The van der Waals surface area contributed by atoms with Crippen LogP contribution in [0.15, 0.2) is 66.1 Å². The molecule has 2 aliphatic heterocycles. The summed E-state index contributed by atoms with van der Waals surface area (Å²) in [6.45, 7) is 7.98. The number of ether oxygens (including phenoxy) is 2. The zero-order chi connectivity index (χ0) is 31.7. The average Bonchev–Trinajstić information content (AvgIpc) is 3.53. The van der Waals surface area contributed by atoms with E-state index < -0.39 is 23.2 Å². The second-order valence-electron chi connectivity index (χ2n) is 11.1. The Kier molecular flexibility index (Phi) is 8.35. The molecule has 2 fully saturated rings. The van der Waals surface area contributed by atoms with E-state index in [0.29, 0.717) is 41.5 Å². The largest absolute Gasteiger partial charge is 0.494 e. The first kappa shape index (κ1) is 30.0. The lowest BCUT2D eigenvalue weighted by Gasteiger charge is -2.34. The summed E-state index contributed by atoms with van der Waals surface area (Å²) in [6.07, 6.45) is 3.23. The van der Waals surface area contributed by atoms with Crippen LogP contribution < -0.4 is 25.2 Å². The fraction of sp³-hybridized carbons (Fsp3) is 0.312. The number of likely N-dealkylation sites (tertiary alicyclic amines) is 1. The van der Waals surface area contributed by atoms with E-state index in [1.807, 2.05) is 18.2 Å². The van der Waals surface area contributed by atoms with Gasteiger partial charge in [0.05, 0.1) is 18.8 Å². The van der Waals surface area contributed by atoms with Crippen LogP contribution >= 0.6 is 0 Å². The molecule has 0 radical (unpaired) electrons. The van der Waals surface area contributed by atoms with Crippen molar-refractivity contribution in [3.63, 3.8) is 0 Å². The Hall–Kier alpha value is -5.04. The summed E-state index contributed by atoms with van der Waals surface area (Å²) in [5.41, 5.74) is 1.40. The number of nitrogens with zero attached hydrogens (tertiary/aromatic N) is 6. The van der Waals surface area contributed by atoms with Crippen molar-refractivity contribution in [2.75, 3.05) is 63.6 Å². The van der Waals surface area contributed by atoms with Crippen molar-refractivity contribution < 1.29 is 23.0 Å². The molecule has 13 heteroatoms. The molecule has 234 valence electrons. The number of halogens is 2. The second kappa shape index (κ2) is 12.5. The maximum atomic E-state index is 14.5. The van der Waals surface area contributed by atoms with Crippen LogP contribution in [0.1, 0.15) is 12.5 Å². The Labute approximate surface area is 258 Å². The van der Waals surface area contributed by atoms with Gasteiger partial charge in [-0.1, -0.05) is 6.58 Å². The molecular weight excluding hydrogens is 584 g/mol. The summed E-state index contributed by atoms with van der Waals surface area (Å²) in [6, 6.07) is 9.68. The molecule has 2 aromatic carbocycles. The topological polar surface area (TPSA) is 105 Å². The molecule has 0 aliphatic carbocycles. The SMILES string of the molecule is C=CC(=O)N1CCC(n2c(=O)c(Oc3ccc(F)cc3F)cc3cnc(Nc4ccc(N5CCN(C)CC5)cc4OC)nc32)C1. The minimum atomic E-state index is -0.951. The summed E-state index contributed by atoms with van der Waals surface area (Å²) in [7, 11) is 3.70. The van der Waals surface area contributed by atoms with E-state index in [4.69, 9.17) is 14.5 Å². The minimum absolute atomic E-state index is 0.188. The summed E-state index contributed by atoms with van der Waals surface area (Å²) in [5.74, 6) is -1.64. The van der Waals surface area contributed by atoms with Gasteiger partial charge in [-0.2, -0.15) is 4.98 Å². The van der Waals surface area contributed by atoms with Gasteiger partial charge in [0.1, 0.15) is 17.2 Å². The van der Waals surface area contributed by atoms with Crippen molar-refractivity contribution in [2.45, 2.75) is 12.5 Å². The molecule has 4 heterocycles. The molecule has 6 rings (SSSR count). The Morgan fingerprint density at radius 3 is 2.58 bits per heavy atom. The molecule has 1 unspecified atom stereocenters. The van der Waals surface area contributed by atoms with E-state index in [-0.39, 0.29) is 29.9 Å². The lowest BCUT2D eigenvalue weighted by atomic mass is 10.2. The van der Waals surface area contributed by atoms with Crippen molar-refractivity contribution in [2.24, 2.45) is 0 Å². The highest BCUT2D eigenvalue weighted by Crippen LogP contribution is 2.33. The predicted molar refractivity (Wildman–Crippen MR) is 167 cm³/mol. The molecule has 0 spiro atoms. The third-order valence-electron chi connectivity index (χ3n) is 8.17. The summed E-state index contributed by atoms with van der Waals surface area (Å²) >= 11 is 0. The van der Waals surface area contributed by atoms with E-state index in [9.17, 15) is 18.4 Å². The van der Waals surface area contributed by atoms with E-state index in [1.165, 1.54) is 22.9 Å². The molecule has 1 N–H and O–H groups in total. The van der Waals surface area contributed by atoms with Gasteiger partial charge in [-0.3, -0.25) is 14.2 Å². The lowest BCUT2D eigenvalue weighted by molar-refractivity contribution is -0.125. The molecule has 0 bridgehead atoms. The Bertz CT molecular complexity index is 1820. The molecule has 45 heavy (non-hydrogen) atoms. The van der Waals surface area contributed by atoms with Gasteiger partial charge >= 0.3 is 0 Å². The van der Waals surface area contributed by atoms with E-state index >= 15 is 0 Å². The number of carbonyl (C=O) groups is 1. The smallest absolute Gasteiger partial charge is 0.295 e. The summed E-state index contributed by atoms with van der Waals surface area (Å²) < 4.78 is 40.7. The summed E-state index contributed by atoms with van der Waals surface area (Å²) in [4.78, 5) is 41.6. The molecule has 2 saturated heterocycles. The highest BCUT2D eigenvalue weighted by atomic mass is 19.1. The maximum absolute atomic E-state index is 14.5. The third-order valence-corrected chi connectivity index (χ3v) is 8.17. The van der Waals surface area contributed by atoms with Crippen LogP contribution in [0.25, 0.3) is 11.0 Å². The number of carbonyl (C=O) groups excluding carboxylic acids is 1. The number of piperazine rings is 1. The van der Waals surface area contributed by atoms with Gasteiger partial charge in [0.15, 0.2) is 17.3 Å². The highest BCUT2D eigenvalue weighted by molar-refractivity contribution is 5.87. The Morgan fingerprint density at radius 1 is 1.04 bits per heavy atom. The van der Waals surface area contributed by atoms with Gasteiger partial charge in [-0.25, -0.2) is 13.8 Å². The number of anilines is 3. The number of hydrogen-bond acceptors (Lipinski definition) is 9. The number of nitrogens with one attached hydrogen (secondary N) is 1. The van der Waals surface area contributed by atoms with Crippen molar-refractivity contribution in [1.82, 2.24) is 24.3 Å². The van der Waals surface area contributed by atoms with Crippen LogP contribution in [0.3, 0.4) is 0 Å². The average molecular weight is 618 g/mol. The fourth-order valence-corrected chi connectivity index (χ4v) is 5.69. The quantitative estimate of drug-likeness (QED) is 0.290. The van der Waals surface area contributed by atoms with Crippen LogP contribution in [0, 0.1) is 11.6 Å². The Morgan fingerprint density at radius 2 is 1.84 bits per heavy atom. The lowest BCUT2D eigenvalue weighted by Crippen LogP contribution is -2.44. The standard InChI is InChI=1S/C32H33F2N7O4/c1-4-29(42)40-10-9-23(19-40)41-30-20(15-28(31(41)43)45-26-8-5-21(33)16-24(26)34)18-35-32(37-30)36-25-7-6-22(17-27(25)44-3)39-13-11-38(2)12-14-39/h4-8,15-18,23H,1,9-14,19H2,2-3H3,(H,35,36,37). The van der Waals surface area contributed by atoms with Gasteiger partial charge in [0.25, 0.3) is 5.56 Å². The first-order valence-corrected chi connectivity index (χ1v) is 14.6. The van der Waals surface area contributed by atoms with Gasteiger partial charge < -0.3 is 29.5 Å². The number of likely N-dealkylation sites (N-methyl/N-ethyl adjacent to an activating group) is 1. The number of benzene rings is 2. The maximum Gasteiger partial charge on any atom is 0.295 e. The van der Waals surface area contributed by atoms with E-state index in [1.54, 1.807) is 12.0 Å². The zero-order valence-electron chi connectivity index (χ0n) is 25.0. The van der Waals surface area contributed by atoms with Crippen LogP contribution in [-0.4, -0.2) is 83.7 Å². The molecule has 0 saturated carbocycles. The second-order valence-corrected chi connectivity index (χ2v) is 11.1. The molecular formula is C32H33F2N7O4. The number of methoxy groups -OCH3 is 1. The molecule has 1 atom stereocenters. The fourth-order valence-electron chi connectivity index (χ4n) is 5.69. The number of aromatic nitrogens is 3. The molecule has 2 aromatic heterocycles. The highest BCUT2D eigenvalue weighted by Gasteiger charge is 2.30. The van der Waals surface area contributed by atoms with Gasteiger partial charge in [0, 0.05) is 68.7 Å². The normalized spacial score (nSPS) is 17.0. The summed E-state index contributed by atoms with van der Waals surface area (Å²) in [5, 5.41) is 3.66. The first-order valence-electron chi connectivity index (χ1n) is 14.6. The van der Waals surface area contributed by atoms with Gasteiger partial charge in [-0.15, -0.1) is 0 Å². The van der Waals surface area contributed by atoms with E-state index in [2.05, 4.69) is 33.7 Å². The molecule has 2 aliphatic rings. The van der Waals surface area contributed by atoms with Crippen LogP contribution in [0.4, 0.5) is 26.1 Å². The molecule has 4 aromatic rings. The van der Waals surface area contributed by atoms with Crippen molar-refractivity contribution in [3.8, 4) is 17.2 Å². The number of pyridine rings is 1. The monoisotopic (exact) mass is 617 g/mol. The Balaban J connectivity index is 1.37. The third kappa shape index (κ3) is 6.16. The van der Waals surface area contributed by atoms with E-state index in [0.717, 1.165) is 44.0 Å². The van der Waals surface area contributed by atoms with Crippen LogP contribution in [0.5, 0.6) is 17.2 Å². The van der Waals surface area contributed by atoms with Crippen molar-refractivity contribution in [1.29, 1.82) is 0 Å². The van der Waals surface area contributed by atoms with Gasteiger partial charge in [0.2, 0.25) is 11.9 Å². The van der Waals surface area contributed by atoms with Crippen LogP contribution in [0.2, 0.25) is 0 Å². The van der Waals surface area contributed by atoms with Gasteiger partial charge in [-0.05, 0) is 49.9 Å². The predicted octanol–water partition coefficient (Wildman–Crippen LogP) is 4.33. The molecule has 11 nitrogen and oxygen atoms in total.